The first-order chi connectivity index (χ1) is 9.16. The largest absolute Gasteiger partial charge is 0.450 e. The van der Waals surface area contributed by atoms with Crippen molar-refractivity contribution in [3.8, 4) is 0 Å². The first-order valence-corrected chi connectivity index (χ1v) is 7.27. The Morgan fingerprint density at radius 2 is 2.16 bits per heavy atom. The maximum Gasteiger partial charge on any atom is 0.350 e. The molecule has 1 aromatic heterocycles. The lowest BCUT2D eigenvalue weighted by Gasteiger charge is -2.09. The maximum atomic E-state index is 12.1. The summed E-state index contributed by atoms with van der Waals surface area (Å²) in [6.45, 7) is 0. The van der Waals surface area contributed by atoms with Gasteiger partial charge in [0.05, 0.1) is 5.02 Å². The van der Waals surface area contributed by atoms with Crippen LogP contribution in [0.15, 0.2) is 24.3 Å². The van der Waals surface area contributed by atoms with E-state index in [1.165, 1.54) is 11.3 Å². The van der Waals surface area contributed by atoms with Crippen LogP contribution < -0.4 is 0 Å². The third-order valence-corrected chi connectivity index (χ3v) is 4.87. The summed E-state index contributed by atoms with van der Waals surface area (Å²) in [6, 6.07) is 7.54. The average Bonchev–Trinajstić information content (AvgIpc) is 2.95. The molecule has 1 saturated carbocycles. The van der Waals surface area contributed by atoms with Crippen LogP contribution in [0.25, 0.3) is 10.1 Å². The van der Waals surface area contributed by atoms with Crippen molar-refractivity contribution in [2.24, 2.45) is 0 Å². The van der Waals surface area contributed by atoms with Gasteiger partial charge in [-0.1, -0.05) is 29.8 Å². The van der Waals surface area contributed by atoms with Gasteiger partial charge in [0.1, 0.15) is 4.88 Å². The van der Waals surface area contributed by atoms with E-state index in [2.05, 4.69) is 0 Å². The Morgan fingerprint density at radius 3 is 2.84 bits per heavy atom. The fourth-order valence-corrected chi connectivity index (χ4v) is 3.63. The number of halogens is 1. The zero-order valence-electron chi connectivity index (χ0n) is 10.0. The van der Waals surface area contributed by atoms with Crippen LogP contribution in [-0.4, -0.2) is 17.9 Å². The van der Waals surface area contributed by atoms with E-state index in [0.717, 1.165) is 16.5 Å². The molecule has 98 valence electrons. The van der Waals surface area contributed by atoms with E-state index in [1.54, 1.807) is 0 Å². The molecule has 2 aromatic rings. The molecule has 0 spiro atoms. The van der Waals surface area contributed by atoms with E-state index in [1.807, 2.05) is 24.3 Å². The van der Waals surface area contributed by atoms with Gasteiger partial charge in [-0.15, -0.1) is 11.3 Å². The number of thiophene rings is 1. The zero-order valence-corrected chi connectivity index (χ0v) is 11.6. The van der Waals surface area contributed by atoms with Gasteiger partial charge in [-0.05, 0) is 18.9 Å². The summed E-state index contributed by atoms with van der Waals surface area (Å²) in [4.78, 5) is 24.0. The first-order valence-electron chi connectivity index (χ1n) is 6.07. The van der Waals surface area contributed by atoms with Gasteiger partial charge in [-0.2, -0.15) is 0 Å². The molecule has 1 fully saturated rings. The van der Waals surface area contributed by atoms with E-state index in [0.29, 0.717) is 22.7 Å². The van der Waals surface area contributed by atoms with E-state index in [-0.39, 0.29) is 5.78 Å². The average molecular weight is 295 g/mol. The second-order valence-electron chi connectivity index (χ2n) is 4.49. The summed E-state index contributed by atoms with van der Waals surface area (Å²) >= 11 is 7.50. The van der Waals surface area contributed by atoms with Crippen LogP contribution in [0.4, 0.5) is 0 Å². The Morgan fingerprint density at radius 1 is 1.37 bits per heavy atom. The molecule has 1 heterocycles. The molecule has 0 N–H and O–H groups in total. The minimum Gasteiger partial charge on any atom is -0.450 e. The summed E-state index contributed by atoms with van der Waals surface area (Å²) < 4.78 is 6.20. The molecule has 19 heavy (non-hydrogen) atoms. The number of hydrogen-bond donors (Lipinski definition) is 0. The highest BCUT2D eigenvalue weighted by atomic mass is 35.5. The minimum absolute atomic E-state index is 0.00517. The first kappa shape index (κ1) is 12.6. The topological polar surface area (TPSA) is 43.4 Å². The number of Topliss-reactive ketones (excluding diaryl/α,β-unsaturated/α-hetero) is 1. The molecule has 1 atom stereocenters. The van der Waals surface area contributed by atoms with Crippen molar-refractivity contribution >= 4 is 44.8 Å². The van der Waals surface area contributed by atoms with Crippen LogP contribution >= 0.6 is 22.9 Å². The molecule has 0 amide bonds. The van der Waals surface area contributed by atoms with E-state index in [9.17, 15) is 9.59 Å². The number of carbonyl (C=O) groups excluding carboxylic acids is 2. The van der Waals surface area contributed by atoms with Gasteiger partial charge in [0, 0.05) is 16.5 Å². The van der Waals surface area contributed by atoms with Crippen LogP contribution in [-0.2, 0) is 9.53 Å². The van der Waals surface area contributed by atoms with Gasteiger partial charge < -0.3 is 4.74 Å². The molecule has 0 bridgehead atoms. The summed E-state index contributed by atoms with van der Waals surface area (Å²) in [5, 5.41) is 1.26. The number of hydrogen-bond acceptors (Lipinski definition) is 4. The number of rotatable bonds is 2. The zero-order chi connectivity index (χ0) is 13.4. The fraction of sp³-hybridized carbons (Fsp3) is 0.286. The van der Waals surface area contributed by atoms with Crippen molar-refractivity contribution in [1.82, 2.24) is 0 Å². The van der Waals surface area contributed by atoms with Crippen molar-refractivity contribution in [3.63, 3.8) is 0 Å². The summed E-state index contributed by atoms with van der Waals surface area (Å²) in [7, 11) is 0. The number of carbonyl (C=O) groups is 2. The molecule has 0 saturated heterocycles. The van der Waals surface area contributed by atoms with Crippen LogP contribution in [0.1, 0.15) is 28.9 Å². The van der Waals surface area contributed by atoms with Crippen LogP contribution in [0.3, 0.4) is 0 Å². The van der Waals surface area contributed by atoms with Crippen LogP contribution in [0, 0.1) is 0 Å². The number of ether oxygens (including phenoxy) is 1. The number of benzene rings is 1. The third-order valence-electron chi connectivity index (χ3n) is 3.22. The standard InChI is InChI=1S/C14H11ClO3S/c15-12-8-4-1-2-7-11(8)19-13(12)14(17)18-10-6-3-5-9(10)16/h1-2,4,7,10H,3,5-6H2/t10-/m1/s1. The molecule has 0 unspecified atom stereocenters. The lowest BCUT2D eigenvalue weighted by Crippen LogP contribution is -2.21. The van der Waals surface area contributed by atoms with Crippen molar-refractivity contribution in [2.45, 2.75) is 25.4 Å². The van der Waals surface area contributed by atoms with E-state index in [4.69, 9.17) is 16.3 Å². The van der Waals surface area contributed by atoms with Gasteiger partial charge in [0.15, 0.2) is 11.9 Å². The number of ketones is 1. The molecular formula is C14H11ClO3S. The lowest BCUT2D eigenvalue weighted by molar-refractivity contribution is -0.124. The Hall–Kier alpha value is -1.39. The third kappa shape index (κ3) is 2.26. The van der Waals surface area contributed by atoms with Gasteiger partial charge in [0.25, 0.3) is 0 Å². The molecule has 1 aliphatic rings. The van der Waals surface area contributed by atoms with Crippen LogP contribution in [0.2, 0.25) is 5.02 Å². The highest BCUT2D eigenvalue weighted by molar-refractivity contribution is 7.21. The Kier molecular flexibility index (Phi) is 3.29. The fourth-order valence-electron chi connectivity index (χ4n) is 2.24. The Labute approximate surface area is 119 Å². The predicted octanol–water partition coefficient (Wildman–Crippen LogP) is 3.83. The van der Waals surface area contributed by atoms with Gasteiger partial charge in [0.2, 0.25) is 0 Å². The molecule has 1 aliphatic carbocycles. The molecule has 1 aromatic carbocycles. The second kappa shape index (κ2) is 4.94. The monoisotopic (exact) mass is 294 g/mol. The van der Waals surface area contributed by atoms with Crippen LogP contribution in [0.5, 0.6) is 0 Å². The van der Waals surface area contributed by atoms with Gasteiger partial charge in [-0.3, -0.25) is 4.79 Å². The molecule has 0 aliphatic heterocycles. The SMILES string of the molecule is O=C(O[C@@H]1CCCC1=O)c1sc2ccccc2c1Cl. The normalized spacial score (nSPS) is 19.0. The van der Waals surface area contributed by atoms with Crippen molar-refractivity contribution < 1.29 is 14.3 Å². The second-order valence-corrected chi connectivity index (χ2v) is 5.92. The molecule has 3 nitrogen and oxygen atoms in total. The smallest absolute Gasteiger partial charge is 0.350 e. The molecule has 3 rings (SSSR count). The van der Waals surface area contributed by atoms with Crippen molar-refractivity contribution in [2.75, 3.05) is 0 Å². The Balaban J connectivity index is 1.89. The number of esters is 1. The number of fused-ring (bicyclic) bond motifs is 1. The highest BCUT2D eigenvalue weighted by Gasteiger charge is 2.29. The summed E-state index contributed by atoms with van der Waals surface area (Å²) in [5.74, 6) is -0.489. The Bertz CT molecular complexity index is 662. The van der Waals surface area contributed by atoms with Crippen molar-refractivity contribution in [3.05, 3.63) is 34.2 Å². The minimum atomic E-state index is -0.589. The summed E-state index contributed by atoms with van der Waals surface area (Å²) in [6.07, 6.45) is 1.32. The molecule has 0 radical (unpaired) electrons. The quantitative estimate of drug-likeness (QED) is 0.791. The van der Waals surface area contributed by atoms with Gasteiger partial charge in [-0.25, -0.2) is 4.79 Å². The lowest BCUT2D eigenvalue weighted by atomic mass is 10.2. The van der Waals surface area contributed by atoms with Crippen molar-refractivity contribution in [1.29, 1.82) is 0 Å². The van der Waals surface area contributed by atoms with E-state index >= 15 is 0 Å². The predicted molar refractivity (Wildman–Crippen MR) is 74.9 cm³/mol. The summed E-state index contributed by atoms with van der Waals surface area (Å²) in [5.41, 5.74) is 0. The van der Waals surface area contributed by atoms with E-state index < -0.39 is 12.1 Å². The molecule has 5 heteroatoms. The maximum absolute atomic E-state index is 12.1. The molecular weight excluding hydrogens is 284 g/mol. The van der Waals surface area contributed by atoms with Gasteiger partial charge >= 0.3 is 5.97 Å². The highest BCUT2D eigenvalue weighted by Crippen LogP contribution is 2.36.